The number of phosphoric ester groups is 1. The van der Waals surface area contributed by atoms with E-state index in [9.17, 15) is 28.9 Å². The van der Waals surface area contributed by atoms with Crippen LogP contribution in [0.3, 0.4) is 0 Å². The van der Waals surface area contributed by atoms with Crippen LogP contribution in [0.2, 0.25) is 0 Å². The van der Waals surface area contributed by atoms with Crippen molar-refractivity contribution in [3.05, 3.63) is 85.1 Å². The van der Waals surface area contributed by atoms with Gasteiger partial charge in [0, 0.05) is 19.3 Å². The molecule has 0 rings (SSSR count). The molecule has 0 bridgehead atoms. The summed E-state index contributed by atoms with van der Waals surface area (Å²) in [6.45, 7) is 4.39. The van der Waals surface area contributed by atoms with E-state index in [4.69, 9.17) is 23.3 Å². The molecule has 12 heteroatoms. The number of carbonyl (C=O) groups is 3. The normalized spacial score (nSPS) is 14.0. The molecule has 0 aromatic heterocycles. The number of carbonyl (C=O) groups excluding carboxylic acids is 3. The van der Waals surface area contributed by atoms with E-state index >= 15 is 0 Å². The molecule has 3 unspecified atom stereocenters. The first-order valence-corrected chi connectivity index (χ1v) is 31.0. The van der Waals surface area contributed by atoms with Gasteiger partial charge >= 0.3 is 25.7 Å². The summed E-state index contributed by atoms with van der Waals surface area (Å²) in [5.74, 6) is -1.51. The van der Waals surface area contributed by atoms with Crippen LogP contribution >= 0.6 is 7.82 Å². The van der Waals surface area contributed by atoms with Gasteiger partial charge in [0.2, 0.25) is 0 Å². The van der Waals surface area contributed by atoms with Crippen LogP contribution in [0.15, 0.2) is 85.1 Å². The molecule has 0 aliphatic rings. The maximum atomic E-state index is 12.9. The van der Waals surface area contributed by atoms with E-state index in [1.807, 2.05) is 0 Å². The zero-order chi connectivity index (χ0) is 54.1. The van der Waals surface area contributed by atoms with Crippen molar-refractivity contribution in [1.82, 2.24) is 0 Å². The molecule has 0 spiro atoms. The second-order valence-electron chi connectivity index (χ2n) is 19.4. The SMILES string of the molecule is CC/C=C\C/C=C\C/C=C\C/C=C\CCCCCCC(=O)OC(COC(=O)CCCCCCCCCCCCCCCCC)COP(=O)(O)OCC(CO)OC(=O)CCCCCCC/C=C\C/C=C\C/C=C\CC. The molecular formula is C62H107O11P. The van der Waals surface area contributed by atoms with E-state index in [-0.39, 0.29) is 25.9 Å². The largest absolute Gasteiger partial charge is 0.472 e. The quantitative estimate of drug-likeness (QED) is 0.0197. The lowest BCUT2D eigenvalue weighted by Crippen LogP contribution is -2.30. The Hall–Kier alpha value is -3.34. The van der Waals surface area contributed by atoms with Gasteiger partial charge in [-0.1, -0.05) is 228 Å². The van der Waals surface area contributed by atoms with Crippen LogP contribution in [0, 0.1) is 0 Å². The fourth-order valence-electron chi connectivity index (χ4n) is 7.89. The lowest BCUT2D eigenvalue weighted by Gasteiger charge is -2.21. The van der Waals surface area contributed by atoms with Gasteiger partial charge in [-0.25, -0.2) is 4.57 Å². The molecule has 0 aromatic carbocycles. The summed E-state index contributed by atoms with van der Waals surface area (Å²) in [7, 11) is -4.76. The van der Waals surface area contributed by atoms with E-state index in [1.54, 1.807) is 0 Å². The van der Waals surface area contributed by atoms with Crippen molar-refractivity contribution in [2.75, 3.05) is 26.4 Å². The zero-order valence-corrected chi connectivity index (χ0v) is 47.9. The number of ether oxygens (including phenoxy) is 3. The van der Waals surface area contributed by atoms with E-state index < -0.39 is 57.8 Å². The first kappa shape index (κ1) is 70.7. The Bertz CT molecular complexity index is 1560. The standard InChI is InChI=1S/C62H107O11P/c1-4-7-10-13-16-19-22-25-28-29-32-35-38-41-44-47-50-53-62(66)73-59(55-69-60(64)51-48-45-42-39-36-33-30-26-23-20-17-14-11-8-5-2)57-71-74(67,68)70-56-58(54-63)72-61(65)52-49-46-43-40-37-34-31-27-24-21-18-15-12-9-6-3/h7,9-10,12,16,18-19,21,25,27-28,31-32,35,58-59,63H,4-6,8,11,13-15,17,20,22-24,26,29-30,33-34,36-57H2,1-3H3,(H,67,68)/b10-7-,12-9-,19-16-,21-18-,28-25-,31-27-,35-32-. The Balaban J connectivity index is 4.77. The molecule has 0 radical (unpaired) electrons. The predicted molar refractivity (Wildman–Crippen MR) is 307 cm³/mol. The van der Waals surface area contributed by atoms with Crippen molar-refractivity contribution in [2.45, 2.75) is 264 Å². The Labute approximate surface area is 451 Å². The van der Waals surface area contributed by atoms with E-state index in [0.29, 0.717) is 19.3 Å². The monoisotopic (exact) mass is 1060 g/mol. The average molecular weight is 1060 g/mol. The molecule has 3 atom stereocenters. The number of hydrogen-bond acceptors (Lipinski definition) is 10. The second-order valence-corrected chi connectivity index (χ2v) is 20.9. The third kappa shape index (κ3) is 53.5. The highest BCUT2D eigenvalue weighted by molar-refractivity contribution is 7.47. The maximum Gasteiger partial charge on any atom is 0.472 e. The average Bonchev–Trinajstić information content (AvgIpc) is 3.39. The summed E-state index contributed by atoms with van der Waals surface area (Å²) in [4.78, 5) is 48.6. The molecule has 426 valence electrons. The van der Waals surface area contributed by atoms with Crippen LogP contribution in [0.1, 0.15) is 252 Å². The number of unbranched alkanes of at least 4 members (excludes halogenated alkanes) is 23. The smallest absolute Gasteiger partial charge is 0.462 e. The van der Waals surface area contributed by atoms with Gasteiger partial charge in [0.25, 0.3) is 0 Å². The number of aliphatic hydroxyl groups excluding tert-OH is 1. The Morgan fingerprint density at radius 2 is 0.703 bits per heavy atom. The van der Waals surface area contributed by atoms with E-state index in [2.05, 4.69) is 106 Å². The summed E-state index contributed by atoms with van der Waals surface area (Å²) in [5, 5.41) is 9.82. The summed E-state index contributed by atoms with van der Waals surface area (Å²) < 4.78 is 39.5. The third-order valence-corrected chi connectivity index (χ3v) is 13.3. The fraction of sp³-hybridized carbons (Fsp3) is 0.726. The van der Waals surface area contributed by atoms with Crippen molar-refractivity contribution in [1.29, 1.82) is 0 Å². The highest BCUT2D eigenvalue weighted by atomic mass is 31.2. The second kappa shape index (κ2) is 55.9. The lowest BCUT2D eigenvalue weighted by molar-refractivity contribution is -0.161. The molecule has 0 saturated carbocycles. The molecule has 2 N–H and O–H groups in total. The highest BCUT2D eigenvalue weighted by Gasteiger charge is 2.28. The molecule has 11 nitrogen and oxygen atoms in total. The number of allylic oxidation sites excluding steroid dienone is 14. The number of aliphatic hydroxyl groups is 1. The molecule has 0 heterocycles. The molecule has 0 fully saturated rings. The van der Waals surface area contributed by atoms with Gasteiger partial charge in [0.1, 0.15) is 12.7 Å². The van der Waals surface area contributed by atoms with Crippen LogP contribution < -0.4 is 0 Å². The number of esters is 3. The van der Waals surface area contributed by atoms with Crippen molar-refractivity contribution in [3.8, 4) is 0 Å². The fourth-order valence-corrected chi connectivity index (χ4v) is 8.68. The first-order valence-electron chi connectivity index (χ1n) is 29.5. The first-order chi connectivity index (χ1) is 36.2. The molecule has 0 aliphatic heterocycles. The van der Waals surface area contributed by atoms with Gasteiger partial charge in [-0.05, 0) is 89.9 Å². The predicted octanol–water partition coefficient (Wildman–Crippen LogP) is 17.5. The molecule has 0 aromatic rings. The minimum Gasteiger partial charge on any atom is -0.462 e. The zero-order valence-electron chi connectivity index (χ0n) is 47.0. The molecule has 0 saturated heterocycles. The van der Waals surface area contributed by atoms with E-state index in [1.165, 1.54) is 70.6 Å². The van der Waals surface area contributed by atoms with Gasteiger partial charge in [-0.15, -0.1) is 0 Å². The maximum absolute atomic E-state index is 12.9. The van der Waals surface area contributed by atoms with Crippen LogP contribution in [-0.4, -0.2) is 66.5 Å². The van der Waals surface area contributed by atoms with Gasteiger partial charge in [-0.3, -0.25) is 23.4 Å². The topological polar surface area (TPSA) is 155 Å². The van der Waals surface area contributed by atoms with Gasteiger partial charge in [0.05, 0.1) is 19.8 Å². The van der Waals surface area contributed by atoms with Crippen molar-refractivity contribution < 1.29 is 52.2 Å². The summed E-state index contributed by atoms with van der Waals surface area (Å²) >= 11 is 0. The molecule has 0 amide bonds. The Morgan fingerprint density at radius 3 is 1.08 bits per heavy atom. The minimum absolute atomic E-state index is 0.137. The highest BCUT2D eigenvalue weighted by Crippen LogP contribution is 2.43. The summed E-state index contributed by atoms with van der Waals surface area (Å²) in [6.07, 6.45) is 63.9. The van der Waals surface area contributed by atoms with Gasteiger partial charge in [-0.2, -0.15) is 0 Å². The number of rotatable bonds is 54. The summed E-state index contributed by atoms with van der Waals surface area (Å²) in [5.41, 5.74) is 0. The van der Waals surface area contributed by atoms with Crippen molar-refractivity contribution in [3.63, 3.8) is 0 Å². The Kier molecular flexibility index (Phi) is 53.4. The van der Waals surface area contributed by atoms with Gasteiger partial charge in [0.15, 0.2) is 6.10 Å². The Morgan fingerprint density at radius 1 is 0.392 bits per heavy atom. The molecule has 0 aliphatic carbocycles. The van der Waals surface area contributed by atoms with Crippen molar-refractivity contribution in [2.24, 2.45) is 0 Å². The van der Waals surface area contributed by atoms with E-state index in [0.717, 1.165) is 122 Å². The third-order valence-electron chi connectivity index (χ3n) is 12.3. The number of hydrogen-bond donors (Lipinski definition) is 2. The van der Waals surface area contributed by atoms with Crippen LogP contribution in [0.25, 0.3) is 0 Å². The van der Waals surface area contributed by atoms with Crippen molar-refractivity contribution >= 4 is 25.7 Å². The van der Waals surface area contributed by atoms with Gasteiger partial charge < -0.3 is 24.2 Å². The molecule has 74 heavy (non-hydrogen) atoms. The number of phosphoric acid groups is 1. The summed E-state index contributed by atoms with van der Waals surface area (Å²) in [6, 6.07) is 0. The van der Waals surface area contributed by atoms with Crippen LogP contribution in [-0.2, 0) is 42.2 Å². The van der Waals surface area contributed by atoms with Crippen LogP contribution in [0.5, 0.6) is 0 Å². The molecular weight excluding hydrogens is 952 g/mol. The minimum atomic E-state index is -4.76. The van der Waals surface area contributed by atoms with Crippen LogP contribution in [0.4, 0.5) is 0 Å². The lowest BCUT2D eigenvalue weighted by atomic mass is 10.0.